The van der Waals surface area contributed by atoms with Crippen molar-refractivity contribution in [3.05, 3.63) is 35.9 Å². The smallest absolute Gasteiger partial charge is 0.0687 e. The van der Waals surface area contributed by atoms with Gasteiger partial charge in [-0.05, 0) is 37.2 Å². The van der Waals surface area contributed by atoms with Crippen LogP contribution in [0.25, 0.3) is 0 Å². The molecule has 1 saturated carbocycles. The maximum Gasteiger partial charge on any atom is 0.0687 e. The van der Waals surface area contributed by atoms with Crippen molar-refractivity contribution in [2.45, 2.75) is 26.3 Å². The summed E-state index contributed by atoms with van der Waals surface area (Å²) in [6, 6.07) is 13.2. The first-order chi connectivity index (χ1) is 8.68. The number of nitrogens with zero attached hydrogens (tertiary/aromatic N) is 2. The second-order valence-electron chi connectivity index (χ2n) is 6.28. The Bertz CT molecular complexity index is 446. The molecule has 1 aliphatic carbocycles. The number of nitriles is 1. The molecule has 1 aliphatic heterocycles. The zero-order valence-corrected chi connectivity index (χ0v) is 11.0. The first-order valence-corrected chi connectivity index (χ1v) is 6.86. The van der Waals surface area contributed by atoms with Gasteiger partial charge in [0.15, 0.2) is 0 Å². The van der Waals surface area contributed by atoms with Crippen LogP contribution >= 0.6 is 0 Å². The van der Waals surface area contributed by atoms with Crippen LogP contribution in [0.3, 0.4) is 0 Å². The third-order valence-corrected chi connectivity index (χ3v) is 4.60. The Hall–Kier alpha value is -1.33. The van der Waals surface area contributed by atoms with E-state index in [0.29, 0.717) is 0 Å². The molecule has 3 atom stereocenters. The van der Waals surface area contributed by atoms with E-state index in [0.717, 1.165) is 31.2 Å². The van der Waals surface area contributed by atoms with Crippen LogP contribution in [-0.2, 0) is 6.54 Å². The topological polar surface area (TPSA) is 27.0 Å². The van der Waals surface area contributed by atoms with Crippen LogP contribution < -0.4 is 0 Å². The summed E-state index contributed by atoms with van der Waals surface area (Å²) in [6.45, 7) is 5.55. The normalized spacial score (nSPS) is 35.3. The average molecular weight is 240 g/mol. The number of benzene rings is 1. The minimum Gasteiger partial charge on any atom is -0.299 e. The van der Waals surface area contributed by atoms with Gasteiger partial charge in [-0.25, -0.2) is 0 Å². The molecule has 2 nitrogen and oxygen atoms in total. The maximum atomic E-state index is 9.22. The Labute approximate surface area is 109 Å². The van der Waals surface area contributed by atoms with Gasteiger partial charge in [0.1, 0.15) is 0 Å². The Kier molecular flexibility index (Phi) is 2.87. The molecule has 2 fully saturated rings. The number of hydrogen-bond donors (Lipinski definition) is 0. The molecule has 1 heterocycles. The van der Waals surface area contributed by atoms with Gasteiger partial charge in [0.25, 0.3) is 0 Å². The van der Waals surface area contributed by atoms with Gasteiger partial charge < -0.3 is 0 Å². The quantitative estimate of drug-likeness (QED) is 0.794. The van der Waals surface area contributed by atoms with Gasteiger partial charge in [-0.1, -0.05) is 30.3 Å². The molecule has 0 bridgehead atoms. The van der Waals surface area contributed by atoms with E-state index in [1.54, 1.807) is 0 Å². The molecule has 3 rings (SSSR count). The van der Waals surface area contributed by atoms with Crippen LogP contribution in [0.2, 0.25) is 0 Å². The third-order valence-electron chi connectivity index (χ3n) is 4.60. The number of hydrogen-bond acceptors (Lipinski definition) is 2. The van der Waals surface area contributed by atoms with Crippen molar-refractivity contribution < 1.29 is 0 Å². The highest BCUT2D eigenvalue weighted by molar-refractivity contribution is 5.15. The van der Waals surface area contributed by atoms with Gasteiger partial charge in [0, 0.05) is 19.6 Å². The molecule has 94 valence electrons. The molecule has 18 heavy (non-hydrogen) atoms. The highest BCUT2D eigenvalue weighted by atomic mass is 15.2. The predicted molar refractivity (Wildman–Crippen MR) is 71.7 cm³/mol. The Morgan fingerprint density at radius 3 is 2.39 bits per heavy atom. The van der Waals surface area contributed by atoms with Crippen molar-refractivity contribution in [1.29, 1.82) is 5.26 Å². The van der Waals surface area contributed by atoms with Gasteiger partial charge in [-0.3, -0.25) is 4.90 Å². The van der Waals surface area contributed by atoms with Crippen molar-refractivity contribution in [2.75, 3.05) is 13.1 Å². The van der Waals surface area contributed by atoms with Gasteiger partial charge >= 0.3 is 0 Å². The van der Waals surface area contributed by atoms with E-state index in [2.05, 4.69) is 48.2 Å². The zero-order valence-electron chi connectivity index (χ0n) is 11.0. The summed E-state index contributed by atoms with van der Waals surface area (Å²) in [4.78, 5) is 2.56. The molecule has 1 saturated heterocycles. The molecule has 1 unspecified atom stereocenters. The molecular weight excluding hydrogens is 220 g/mol. The lowest BCUT2D eigenvalue weighted by Gasteiger charge is -2.20. The van der Waals surface area contributed by atoms with E-state index in [1.807, 2.05) is 0 Å². The van der Waals surface area contributed by atoms with Crippen molar-refractivity contribution in [3.63, 3.8) is 0 Å². The largest absolute Gasteiger partial charge is 0.299 e. The number of rotatable bonds is 2. The fraction of sp³-hybridized carbons (Fsp3) is 0.562. The Balaban J connectivity index is 1.61. The van der Waals surface area contributed by atoms with Crippen molar-refractivity contribution in [3.8, 4) is 6.07 Å². The Morgan fingerprint density at radius 1 is 1.22 bits per heavy atom. The molecule has 2 aliphatic rings. The van der Waals surface area contributed by atoms with Gasteiger partial charge in [0.2, 0.25) is 0 Å². The van der Waals surface area contributed by atoms with E-state index in [1.165, 1.54) is 18.7 Å². The summed E-state index contributed by atoms with van der Waals surface area (Å²) in [6.07, 6.45) is 2.19. The SMILES string of the molecule is CC1(C#N)C[C@H]2CN(Cc3ccccc3)C[C@H]2C1. The van der Waals surface area contributed by atoms with Crippen molar-refractivity contribution in [2.24, 2.45) is 17.3 Å². The third kappa shape index (κ3) is 2.15. The molecule has 2 heteroatoms. The van der Waals surface area contributed by atoms with Crippen LogP contribution in [0.1, 0.15) is 25.3 Å². The van der Waals surface area contributed by atoms with Crippen LogP contribution in [0.5, 0.6) is 0 Å². The summed E-state index contributed by atoms with van der Waals surface area (Å²) >= 11 is 0. The zero-order chi connectivity index (χ0) is 12.6. The van der Waals surface area contributed by atoms with Crippen LogP contribution in [0.4, 0.5) is 0 Å². The van der Waals surface area contributed by atoms with E-state index < -0.39 is 0 Å². The second-order valence-corrected chi connectivity index (χ2v) is 6.28. The summed E-state index contributed by atoms with van der Waals surface area (Å²) in [5.74, 6) is 1.50. The molecule has 0 amide bonds. The van der Waals surface area contributed by atoms with E-state index in [-0.39, 0.29) is 5.41 Å². The molecule has 0 N–H and O–H groups in total. The predicted octanol–water partition coefficient (Wildman–Crippen LogP) is 3.06. The summed E-state index contributed by atoms with van der Waals surface area (Å²) in [7, 11) is 0. The standard InChI is InChI=1S/C16H20N2/c1-16(12-17)7-14-10-18(11-15(14)8-16)9-13-5-3-2-4-6-13/h2-6,14-15H,7-11H2,1H3/t14-,15+,16?. The monoisotopic (exact) mass is 240 g/mol. The minimum atomic E-state index is -0.0475. The van der Waals surface area contributed by atoms with Gasteiger partial charge in [-0.2, -0.15) is 5.26 Å². The first kappa shape index (κ1) is 11.7. The lowest BCUT2D eigenvalue weighted by Crippen LogP contribution is -2.23. The fourth-order valence-electron chi connectivity index (χ4n) is 3.80. The second kappa shape index (κ2) is 4.40. The van der Waals surface area contributed by atoms with E-state index in [4.69, 9.17) is 0 Å². The molecular formula is C16H20N2. The number of likely N-dealkylation sites (tertiary alicyclic amines) is 1. The molecule has 0 spiro atoms. The molecule has 0 aromatic heterocycles. The molecule has 0 radical (unpaired) electrons. The maximum absolute atomic E-state index is 9.22. The lowest BCUT2D eigenvalue weighted by atomic mass is 9.89. The summed E-state index contributed by atoms with van der Waals surface area (Å²) in [5, 5.41) is 9.22. The fourth-order valence-corrected chi connectivity index (χ4v) is 3.80. The highest BCUT2D eigenvalue weighted by Crippen LogP contribution is 2.48. The van der Waals surface area contributed by atoms with Crippen LogP contribution in [-0.4, -0.2) is 18.0 Å². The van der Waals surface area contributed by atoms with E-state index >= 15 is 0 Å². The van der Waals surface area contributed by atoms with Crippen molar-refractivity contribution in [1.82, 2.24) is 4.90 Å². The minimum absolute atomic E-state index is 0.0475. The molecule has 1 aromatic carbocycles. The lowest BCUT2D eigenvalue weighted by molar-refractivity contribution is 0.277. The summed E-state index contributed by atoms with van der Waals surface area (Å²) in [5.41, 5.74) is 1.36. The first-order valence-electron chi connectivity index (χ1n) is 6.86. The average Bonchev–Trinajstić information content (AvgIpc) is 2.85. The highest BCUT2D eigenvalue weighted by Gasteiger charge is 2.46. The molecule has 1 aromatic rings. The van der Waals surface area contributed by atoms with Crippen LogP contribution in [0.15, 0.2) is 30.3 Å². The Morgan fingerprint density at radius 2 is 1.83 bits per heavy atom. The van der Waals surface area contributed by atoms with Gasteiger partial charge in [0.05, 0.1) is 11.5 Å². The summed E-state index contributed by atoms with van der Waals surface area (Å²) < 4.78 is 0. The number of fused-ring (bicyclic) bond motifs is 1. The van der Waals surface area contributed by atoms with Crippen LogP contribution in [0, 0.1) is 28.6 Å². The van der Waals surface area contributed by atoms with Crippen molar-refractivity contribution >= 4 is 0 Å². The van der Waals surface area contributed by atoms with E-state index in [9.17, 15) is 5.26 Å². The van der Waals surface area contributed by atoms with Gasteiger partial charge in [-0.15, -0.1) is 0 Å².